The molecule has 84 valence electrons. The van der Waals surface area contributed by atoms with E-state index in [0.717, 1.165) is 5.56 Å². The van der Waals surface area contributed by atoms with Gasteiger partial charge in [0.25, 0.3) is 5.84 Å². The molecule has 0 spiro atoms. The molecule has 0 aliphatic rings. The van der Waals surface area contributed by atoms with Crippen molar-refractivity contribution in [3.63, 3.8) is 0 Å². The highest BCUT2D eigenvalue weighted by Crippen LogP contribution is 2.13. The minimum absolute atomic E-state index is 0.0135. The third kappa shape index (κ3) is 3.07. The zero-order valence-electron chi connectivity index (χ0n) is 8.84. The number of hydrogen-bond acceptors (Lipinski definition) is 4. The number of amidine groups is 1. The van der Waals surface area contributed by atoms with Gasteiger partial charge in [0, 0.05) is 0 Å². The monoisotopic (exact) mass is 238 g/mol. The number of aryl methyl sites for hydroxylation is 1. The van der Waals surface area contributed by atoms with Gasteiger partial charge in [-0.3, -0.25) is 0 Å². The summed E-state index contributed by atoms with van der Waals surface area (Å²) in [5, 5.41) is 3.19. The van der Waals surface area contributed by atoms with Gasteiger partial charge in [0.05, 0.1) is 5.16 Å². The fourth-order valence-electron chi connectivity index (χ4n) is 0.871. The fourth-order valence-corrected chi connectivity index (χ4v) is 1.63. The van der Waals surface area contributed by atoms with Gasteiger partial charge >= 0.3 is 10.1 Å². The minimum atomic E-state index is -3.91. The summed E-state index contributed by atoms with van der Waals surface area (Å²) in [7, 11) is -3.91. The lowest BCUT2D eigenvalue weighted by molar-refractivity contribution is 0.339. The van der Waals surface area contributed by atoms with Crippen molar-refractivity contribution in [1.29, 1.82) is 0 Å². The average Bonchev–Trinajstić information content (AvgIpc) is 2.26. The Labute approximate surface area is 94.3 Å². The summed E-state index contributed by atoms with van der Waals surface area (Å²) < 4.78 is 27.4. The molecule has 0 bridgehead atoms. The van der Waals surface area contributed by atoms with Gasteiger partial charge in [0.15, 0.2) is 0 Å². The molecular weight excluding hydrogens is 228 g/mol. The first-order chi connectivity index (χ1) is 7.45. The van der Waals surface area contributed by atoms with Gasteiger partial charge in [0.2, 0.25) is 0 Å². The molecule has 5 nitrogen and oxygen atoms in total. The van der Waals surface area contributed by atoms with Crippen LogP contribution in [0.5, 0.6) is 0 Å². The van der Waals surface area contributed by atoms with E-state index in [4.69, 9.17) is 6.57 Å². The van der Waals surface area contributed by atoms with E-state index in [2.05, 4.69) is 14.3 Å². The van der Waals surface area contributed by atoms with Crippen molar-refractivity contribution in [2.75, 3.05) is 0 Å². The standard InChI is InChI=1S/C10H10N2O3S/c1-8-4-6-10(7-5-8)16(13,14)15-12-9(2)11-3/h4-7H,1-2H3/b12-9-. The second-order valence-corrected chi connectivity index (χ2v) is 4.62. The Balaban J connectivity index is 2.96. The maximum Gasteiger partial charge on any atom is 0.378 e. The average molecular weight is 238 g/mol. The van der Waals surface area contributed by atoms with Crippen LogP contribution in [0.2, 0.25) is 0 Å². The van der Waals surface area contributed by atoms with E-state index in [1.165, 1.54) is 19.1 Å². The SMILES string of the molecule is [C-]#[N+]/C(C)=N\OS(=O)(=O)c1ccc(C)cc1. The van der Waals surface area contributed by atoms with Gasteiger partial charge in [-0.15, -0.1) is 0 Å². The fraction of sp³-hybridized carbons (Fsp3) is 0.200. The highest BCUT2D eigenvalue weighted by atomic mass is 32.2. The van der Waals surface area contributed by atoms with Gasteiger partial charge in [0.1, 0.15) is 4.90 Å². The molecule has 0 heterocycles. The van der Waals surface area contributed by atoms with Gasteiger partial charge in [-0.25, -0.2) is 0 Å². The van der Waals surface area contributed by atoms with Crippen LogP contribution >= 0.6 is 0 Å². The first-order valence-electron chi connectivity index (χ1n) is 4.38. The normalized spacial score (nSPS) is 11.9. The van der Waals surface area contributed by atoms with Crippen LogP contribution in [0.4, 0.5) is 0 Å². The van der Waals surface area contributed by atoms with Crippen molar-refractivity contribution in [3.05, 3.63) is 41.2 Å². The summed E-state index contributed by atoms with van der Waals surface area (Å²) in [4.78, 5) is 2.92. The summed E-state index contributed by atoms with van der Waals surface area (Å²) >= 11 is 0. The molecule has 0 aliphatic heterocycles. The molecule has 1 aromatic carbocycles. The molecule has 16 heavy (non-hydrogen) atoms. The molecule has 0 amide bonds. The third-order valence-corrected chi connectivity index (χ3v) is 2.86. The van der Waals surface area contributed by atoms with Crippen LogP contribution in [0.1, 0.15) is 12.5 Å². The second-order valence-electron chi connectivity index (χ2n) is 3.09. The summed E-state index contributed by atoms with van der Waals surface area (Å²) in [5.41, 5.74) is 0.944. The van der Waals surface area contributed by atoms with Crippen molar-refractivity contribution in [2.24, 2.45) is 5.16 Å². The molecule has 0 saturated heterocycles. The van der Waals surface area contributed by atoms with Crippen LogP contribution in [-0.2, 0) is 14.4 Å². The molecule has 0 aromatic heterocycles. The Morgan fingerprint density at radius 3 is 2.44 bits per heavy atom. The van der Waals surface area contributed by atoms with Gasteiger partial charge in [-0.1, -0.05) is 24.3 Å². The first kappa shape index (κ1) is 12.2. The Hall–Kier alpha value is -1.87. The van der Waals surface area contributed by atoms with Crippen LogP contribution in [0.3, 0.4) is 0 Å². The molecule has 1 aromatic rings. The number of nitrogens with zero attached hydrogens (tertiary/aromatic N) is 2. The first-order valence-corrected chi connectivity index (χ1v) is 5.79. The largest absolute Gasteiger partial charge is 0.378 e. The molecule has 0 atom stereocenters. The van der Waals surface area contributed by atoms with Crippen LogP contribution in [0.15, 0.2) is 34.3 Å². The molecule has 1 rings (SSSR count). The number of oxime groups is 1. The highest BCUT2D eigenvalue weighted by Gasteiger charge is 2.17. The lowest BCUT2D eigenvalue weighted by Crippen LogP contribution is -2.03. The minimum Gasteiger partial charge on any atom is -0.361 e. The van der Waals surface area contributed by atoms with Crippen molar-refractivity contribution < 1.29 is 12.7 Å². The van der Waals surface area contributed by atoms with Crippen LogP contribution < -0.4 is 0 Å². The molecule has 0 saturated carbocycles. The summed E-state index contributed by atoms with van der Waals surface area (Å²) in [6, 6.07) is 6.16. The predicted molar refractivity (Wildman–Crippen MR) is 59.2 cm³/mol. The Bertz CT molecular complexity index is 538. The van der Waals surface area contributed by atoms with E-state index in [-0.39, 0.29) is 10.7 Å². The molecule has 0 fully saturated rings. The predicted octanol–water partition coefficient (Wildman–Crippen LogP) is 1.95. The summed E-state index contributed by atoms with van der Waals surface area (Å²) in [6.07, 6.45) is 0. The second kappa shape index (κ2) is 4.77. The maximum atomic E-state index is 11.5. The van der Waals surface area contributed by atoms with E-state index in [9.17, 15) is 8.42 Å². The van der Waals surface area contributed by atoms with Crippen LogP contribution in [0.25, 0.3) is 4.85 Å². The highest BCUT2D eigenvalue weighted by molar-refractivity contribution is 7.86. The molecule has 0 unspecified atom stereocenters. The summed E-state index contributed by atoms with van der Waals surface area (Å²) in [6.45, 7) is 9.77. The molecule has 0 aliphatic carbocycles. The zero-order valence-corrected chi connectivity index (χ0v) is 9.65. The van der Waals surface area contributed by atoms with Crippen LogP contribution in [0, 0.1) is 13.5 Å². The van der Waals surface area contributed by atoms with E-state index >= 15 is 0 Å². The number of hydrogen-bond donors (Lipinski definition) is 0. The molecule has 0 N–H and O–H groups in total. The quantitative estimate of drug-likeness (QED) is 0.350. The van der Waals surface area contributed by atoms with E-state index < -0.39 is 10.1 Å². The van der Waals surface area contributed by atoms with Crippen molar-refractivity contribution in [2.45, 2.75) is 18.7 Å². The van der Waals surface area contributed by atoms with Gasteiger partial charge in [-0.05, 0) is 26.0 Å². The number of benzene rings is 1. The third-order valence-electron chi connectivity index (χ3n) is 1.74. The van der Waals surface area contributed by atoms with Crippen molar-refractivity contribution >= 4 is 16.0 Å². The maximum absolute atomic E-state index is 11.5. The van der Waals surface area contributed by atoms with Gasteiger partial charge in [-0.2, -0.15) is 12.7 Å². The van der Waals surface area contributed by atoms with E-state index in [0.29, 0.717) is 0 Å². The van der Waals surface area contributed by atoms with Gasteiger partial charge < -0.3 is 4.85 Å². The molecule has 6 heteroatoms. The summed E-state index contributed by atoms with van der Waals surface area (Å²) in [5.74, 6) is -0.0734. The molecular formula is C10H10N2O3S. The van der Waals surface area contributed by atoms with E-state index in [1.807, 2.05) is 6.92 Å². The van der Waals surface area contributed by atoms with Crippen LogP contribution in [-0.4, -0.2) is 14.3 Å². The smallest absolute Gasteiger partial charge is 0.361 e. The Kier molecular flexibility index (Phi) is 3.64. The Morgan fingerprint density at radius 2 is 1.94 bits per heavy atom. The van der Waals surface area contributed by atoms with Crippen molar-refractivity contribution in [3.8, 4) is 0 Å². The lowest BCUT2D eigenvalue weighted by atomic mass is 10.2. The zero-order chi connectivity index (χ0) is 12.2. The number of rotatable bonds is 3. The Morgan fingerprint density at radius 1 is 1.38 bits per heavy atom. The van der Waals surface area contributed by atoms with E-state index in [1.54, 1.807) is 12.1 Å². The van der Waals surface area contributed by atoms with Crippen molar-refractivity contribution in [1.82, 2.24) is 0 Å². The topological polar surface area (TPSA) is 60.1 Å². The molecule has 0 radical (unpaired) electrons. The lowest BCUT2D eigenvalue weighted by Gasteiger charge is -1.98.